The predicted molar refractivity (Wildman–Crippen MR) is 146 cm³/mol. The molecule has 0 nitrogen and oxygen atoms in total. The van der Waals surface area contributed by atoms with E-state index in [9.17, 15) is 0 Å². The molecule has 5 aliphatic rings. The average molecular weight is 473 g/mol. The highest BCUT2D eigenvalue weighted by Crippen LogP contribution is 2.68. The van der Waals surface area contributed by atoms with Gasteiger partial charge >= 0.3 is 0 Å². The number of rotatable bonds is 3. The predicted octanol–water partition coefficient (Wildman–Crippen LogP) is 9.65. The fourth-order valence-electron chi connectivity index (χ4n) is 11.0. The van der Waals surface area contributed by atoms with E-state index in [0.717, 1.165) is 69.6 Å². The van der Waals surface area contributed by atoms with Gasteiger partial charge in [-0.3, -0.25) is 0 Å². The third-order valence-corrected chi connectivity index (χ3v) is 18.9. The minimum absolute atomic E-state index is 0.914. The monoisotopic (exact) mass is 472 g/mol. The van der Waals surface area contributed by atoms with Crippen LogP contribution in [0.3, 0.4) is 0 Å². The maximum atomic E-state index is 2.88. The SMILES string of the molecule is CC1=C(C2CCCCC2C)C2CC(C)C([Si](C)(C)C3C(C)CC4C(C)CC(C)CC43)C2S1. The van der Waals surface area contributed by atoms with E-state index in [1.54, 1.807) is 17.7 Å². The summed E-state index contributed by atoms with van der Waals surface area (Å²) >= 11 is 2.38. The van der Waals surface area contributed by atoms with Crippen LogP contribution in [0, 0.1) is 53.3 Å². The second-order valence-electron chi connectivity index (χ2n) is 14.2. The van der Waals surface area contributed by atoms with Gasteiger partial charge < -0.3 is 0 Å². The Labute approximate surface area is 205 Å². The van der Waals surface area contributed by atoms with Gasteiger partial charge in [-0.2, -0.15) is 0 Å². The number of fused-ring (bicyclic) bond motifs is 2. The molecule has 0 N–H and O–H groups in total. The maximum absolute atomic E-state index is 2.88. The van der Waals surface area contributed by atoms with Gasteiger partial charge in [0.25, 0.3) is 0 Å². The van der Waals surface area contributed by atoms with Crippen LogP contribution in [0.5, 0.6) is 0 Å². The van der Waals surface area contributed by atoms with E-state index < -0.39 is 8.07 Å². The van der Waals surface area contributed by atoms with Crippen LogP contribution in [0.1, 0.15) is 92.9 Å². The minimum Gasteiger partial charge on any atom is -0.127 e. The Morgan fingerprint density at radius 2 is 1.38 bits per heavy atom. The first-order valence-corrected chi connectivity index (χ1v) is 18.5. The van der Waals surface area contributed by atoms with Crippen LogP contribution >= 0.6 is 11.8 Å². The quantitative estimate of drug-likeness (QED) is 0.368. The Bertz CT molecular complexity index is 739. The van der Waals surface area contributed by atoms with Gasteiger partial charge in [-0.15, -0.1) is 11.8 Å². The van der Waals surface area contributed by atoms with Gasteiger partial charge in [0.1, 0.15) is 0 Å². The normalized spacial score (nSPS) is 51.8. The van der Waals surface area contributed by atoms with Crippen LogP contribution in [0.4, 0.5) is 0 Å². The van der Waals surface area contributed by atoms with Gasteiger partial charge in [0.05, 0.1) is 8.07 Å². The third kappa shape index (κ3) is 3.75. The molecule has 2 heteroatoms. The fourth-order valence-corrected chi connectivity index (χ4v) is 20.2. The summed E-state index contributed by atoms with van der Waals surface area (Å²) in [6, 6.07) is 0. The summed E-state index contributed by atoms with van der Waals surface area (Å²) in [5, 5.41) is 0.931. The molecule has 5 rings (SSSR count). The topological polar surface area (TPSA) is 0 Å². The zero-order valence-corrected chi connectivity index (χ0v) is 24.3. The summed E-state index contributed by atoms with van der Waals surface area (Å²) in [6.07, 6.45) is 12.0. The van der Waals surface area contributed by atoms with Gasteiger partial charge in [0.2, 0.25) is 0 Å². The van der Waals surface area contributed by atoms with Crippen LogP contribution in [-0.2, 0) is 0 Å². The Morgan fingerprint density at radius 1 is 0.688 bits per heavy atom. The molecule has 0 aromatic heterocycles. The molecule has 0 aromatic rings. The zero-order chi connectivity index (χ0) is 22.9. The van der Waals surface area contributed by atoms with E-state index in [2.05, 4.69) is 66.4 Å². The van der Waals surface area contributed by atoms with Crippen LogP contribution in [0.2, 0.25) is 24.2 Å². The maximum Gasteiger partial charge on any atom is 0.0555 e. The highest BCUT2D eigenvalue weighted by atomic mass is 32.2. The Balaban J connectivity index is 1.42. The molecular weight excluding hydrogens is 420 g/mol. The number of hydrogen-bond donors (Lipinski definition) is 0. The van der Waals surface area contributed by atoms with E-state index >= 15 is 0 Å². The van der Waals surface area contributed by atoms with Crippen LogP contribution < -0.4 is 0 Å². The van der Waals surface area contributed by atoms with Crippen molar-refractivity contribution in [1.29, 1.82) is 0 Å². The Morgan fingerprint density at radius 3 is 2.09 bits per heavy atom. The van der Waals surface area contributed by atoms with Crippen molar-refractivity contribution >= 4 is 19.8 Å². The summed E-state index contributed by atoms with van der Waals surface area (Å²) in [5.41, 5.74) is 4.08. The molecule has 4 saturated carbocycles. The molecule has 0 amide bonds. The van der Waals surface area contributed by atoms with Gasteiger partial charge in [0, 0.05) is 5.25 Å². The van der Waals surface area contributed by atoms with Crippen molar-refractivity contribution < 1.29 is 0 Å². The third-order valence-electron chi connectivity index (χ3n) is 11.8. The van der Waals surface area contributed by atoms with Crippen LogP contribution in [-0.4, -0.2) is 13.3 Å². The van der Waals surface area contributed by atoms with E-state index in [4.69, 9.17) is 0 Å². The average Bonchev–Trinajstić information content (AvgIpc) is 3.30. The molecule has 0 aromatic carbocycles. The number of allylic oxidation sites excluding steroid dienone is 2. The summed E-state index contributed by atoms with van der Waals surface area (Å²) < 4.78 is 0. The highest BCUT2D eigenvalue weighted by Gasteiger charge is 2.60. The molecule has 4 aliphatic carbocycles. The largest absolute Gasteiger partial charge is 0.127 e. The molecule has 0 bridgehead atoms. The molecule has 0 radical (unpaired) electrons. The molecule has 12 unspecified atom stereocenters. The summed E-state index contributed by atoms with van der Waals surface area (Å²) in [6.45, 7) is 21.4. The lowest BCUT2D eigenvalue weighted by Gasteiger charge is -2.47. The summed E-state index contributed by atoms with van der Waals surface area (Å²) in [7, 11) is -1.39. The van der Waals surface area contributed by atoms with Gasteiger partial charge in [0.15, 0.2) is 0 Å². The van der Waals surface area contributed by atoms with Crippen molar-refractivity contribution in [1.82, 2.24) is 0 Å². The summed E-state index contributed by atoms with van der Waals surface area (Å²) in [4.78, 5) is 1.78. The van der Waals surface area contributed by atoms with Crippen molar-refractivity contribution in [3.05, 3.63) is 10.5 Å². The minimum atomic E-state index is -1.39. The van der Waals surface area contributed by atoms with Crippen molar-refractivity contribution in [2.45, 2.75) is 122 Å². The summed E-state index contributed by atoms with van der Waals surface area (Å²) in [5.74, 6) is 8.71. The molecule has 32 heavy (non-hydrogen) atoms. The molecule has 0 spiro atoms. The fraction of sp³-hybridized carbons (Fsp3) is 0.933. The first-order valence-electron chi connectivity index (χ1n) is 14.5. The molecule has 4 fully saturated rings. The van der Waals surface area contributed by atoms with Gasteiger partial charge in [-0.1, -0.05) is 72.5 Å². The smallest absolute Gasteiger partial charge is 0.0555 e. The molecule has 12 atom stereocenters. The molecule has 182 valence electrons. The number of thioether (sulfide) groups is 1. The first-order chi connectivity index (χ1) is 15.1. The lowest BCUT2D eigenvalue weighted by Crippen LogP contribution is -2.47. The van der Waals surface area contributed by atoms with Crippen molar-refractivity contribution in [3.63, 3.8) is 0 Å². The van der Waals surface area contributed by atoms with Crippen molar-refractivity contribution in [2.75, 3.05) is 0 Å². The standard InChI is InChI=1S/C30H52SSi/c1-17-13-19(3)24-15-20(4)29(25(24)14-17)32(7,8)30-21(5)16-26-27(22(6)31-28(26)30)23-12-10-9-11-18(23)2/h17-21,23-26,28-30H,9-16H2,1-8H3. The lowest BCUT2D eigenvalue weighted by atomic mass is 9.70. The number of hydrogen-bond acceptors (Lipinski definition) is 1. The van der Waals surface area contributed by atoms with E-state index in [1.165, 1.54) is 38.5 Å². The van der Waals surface area contributed by atoms with E-state index in [1.807, 2.05) is 5.57 Å². The van der Waals surface area contributed by atoms with E-state index in [0.29, 0.717) is 0 Å². The van der Waals surface area contributed by atoms with Crippen molar-refractivity contribution in [2.24, 2.45) is 53.3 Å². The first kappa shape index (κ1) is 24.0. The molecule has 0 saturated heterocycles. The Hall–Kier alpha value is 0.307. The van der Waals surface area contributed by atoms with Crippen molar-refractivity contribution in [3.8, 4) is 0 Å². The molecular formula is C30H52SSi. The van der Waals surface area contributed by atoms with Gasteiger partial charge in [-0.25, -0.2) is 0 Å². The molecule has 1 aliphatic heterocycles. The van der Waals surface area contributed by atoms with Gasteiger partial charge in [-0.05, 0) is 108 Å². The second-order valence-corrected chi connectivity index (χ2v) is 20.6. The van der Waals surface area contributed by atoms with E-state index in [-0.39, 0.29) is 0 Å². The highest BCUT2D eigenvalue weighted by molar-refractivity contribution is 8.04. The molecule has 1 heterocycles. The van der Waals surface area contributed by atoms with Crippen LogP contribution in [0.25, 0.3) is 0 Å². The lowest BCUT2D eigenvalue weighted by molar-refractivity contribution is 0.149. The Kier molecular flexibility index (Phi) is 6.57. The zero-order valence-electron chi connectivity index (χ0n) is 22.5. The second kappa shape index (κ2) is 8.76. The van der Waals surface area contributed by atoms with Crippen LogP contribution in [0.15, 0.2) is 10.5 Å².